The van der Waals surface area contributed by atoms with Gasteiger partial charge in [-0.3, -0.25) is 4.79 Å². The standard InChI is InChI=1S/C14H22N2OS/c1-10(11-5-8-18-9-11)16-13(17)12-14(2,3)6-4-7-15-12/h5,8-10,12,15H,4,6-7H2,1-3H3,(H,16,17). The van der Waals surface area contributed by atoms with Gasteiger partial charge in [0.05, 0.1) is 12.1 Å². The maximum atomic E-state index is 12.3. The van der Waals surface area contributed by atoms with Crippen LogP contribution >= 0.6 is 11.3 Å². The smallest absolute Gasteiger partial charge is 0.238 e. The third kappa shape index (κ3) is 2.93. The van der Waals surface area contributed by atoms with Gasteiger partial charge in [0.15, 0.2) is 0 Å². The van der Waals surface area contributed by atoms with Gasteiger partial charge in [-0.1, -0.05) is 13.8 Å². The van der Waals surface area contributed by atoms with Crippen molar-refractivity contribution in [1.29, 1.82) is 0 Å². The van der Waals surface area contributed by atoms with Crippen LogP contribution in [0.3, 0.4) is 0 Å². The molecule has 0 spiro atoms. The molecule has 0 aromatic carbocycles. The van der Waals surface area contributed by atoms with Crippen LogP contribution in [0.2, 0.25) is 0 Å². The highest BCUT2D eigenvalue weighted by Gasteiger charge is 2.37. The molecule has 1 saturated heterocycles. The van der Waals surface area contributed by atoms with Crippen LogP contribution in [0.15, 0.2) is 16.8 Å². The zero-order valence-corrected chi connectivity index (χ0v) is 12.1. The third-order valence-electron chi connectivity index (χ3n) is 3.79. The minimum atomic E-state index is -0.0765. The van der Waals surface area contributed by atoms with Crippen molar-refractivity contribution in [3.63, 3.8) is 0 Å². The summed E-state index contributed by atoms with van der Waals surface area (Å²) in [5.41, 5.74) is 1.22. The first-order chi connectivity index (χ1) is 8.50. The van der Waals surface area contributed by atoms with Gasteiger partial charge in [-0.05, 0) is 54.1 Å². The molecule has 2 rings (SSSR count). The van der Waals surface area contributed by atoms with Crippen molar-refractivity contribution in [3.05, 3.63) is 22.4 Å². The molecule has 2 unspecified atom stereocenters. The lowest BCUT2D eigenvalue weighted by Crippen LogP contribution is -2.55. The van der Waals surface area contributed by atoms with E-state index in [0.717, 1.165) is 19.4 Å². The van der Waals surface area contributed by atoms with Crippen LogP contribution in [0.4, 0.5) is 0 Å². The number of nitrogens with one attached hydrogen (secondary N) is 2. The molecule has 1 aromatic rings. The second-order valence-electron chi connectivity index (χ2n) is 5.77. The van der Waals surface area contributed by atoms with E-state index >= 15 is 0 Å². The van der Waals surface area contributed by atoms with E-state index in [1.165, 1.54) is 5.56 Å². The Morgan fingerprint density at radius 1 is 1.61 bits per heavy atom. The summed E-state index contributed by atoms with van der Waals surface area (Å²) in [5, 5.41) is 10.6. The van der Waals surface area contributed by atoms with Gasteiger partial charge in [-0.25, -0.2) is 0 Å². The molecule has 0 bridgehead atoms. The molecule has 1 aromatic heterocycles. The Morgan fingerprint density at radius 3 is 3.00 bits per heavy atom. The van der Waals surface area contributed by atoms with Crippen LogP contribution < -0.4 is 10.6 Å². The first-order valence-corrected chi connectivity index (χ1v) is 7.51. The summed E-state index contributed by atoms with van der Waals surface area (Å²) in [6.07, 6.45) is 2.25. The van der Waals surface area contributed by atoms with Gasteiger partial charge < -0.3 is 10.6 Å². The maximum Gasteiger partial charge on any atom is 0.238 e. The van der Waals surface area contributed by atoms with Crippen molar-refractivity contribution < 1.29 is 4.79 Å². The first kappa shape index (κ1) is 13.6. The van der Waals surface area contributed by atoms with Crippen LogP contribution in [0.1, 0.15) is 45.2 Å². The number of hydrogen-bond donors (Lipinski definition) is 2. The van der Waals surface area contributed by atoms with Gasteiger partial charge in [0, 0.05) is 0 Å². The largest absolute Gasteiger partial charge is 0.348 e. The minimum absolute atomic E-state index is 0.0384. The Morgan fingerprint density at radius 2 is 2.39 bits per heavy atom. The molecule has 18 heavy (non-hydrogen) atoms. The van der Waals surface area contributed by atoms with Crippen LogP contribution in [0, 0.1) is 5.41 Å². The van der Waals surface area contributed by atoms with Crippen molar-refractivity contribution in [3.8, 4) is 0 Å². The van der Waals surface area contributed by atoms with Crippen molar-refractivity contribution in [2.24, 2.45) is 5.41 Å². The van der Waals surface area contributed by atoms with E-state index in [1.807, 2.05) is 12.3 Å². The molecule has 3 nitrogen and oxygen atoms in total. The van der Waals surface area contributed by atoms with Gasteiger partial charge in [0.25, 0.3) is 0 Å². The lowest BCUT2D eigenvalue weighted by Gasteiger charge is -2.38. The quantitative estimate of drug-likeness (QED) is 0.883. The molecule has 1 amide bonds. The van der Waals surface area contributed by atoms with Crippen LogP contribution in [-0.4, -0.2) is 18.5 Å². The topological polar surface area (TPSA) is 41.1 Å². The van der Waals surface area contributed by atoms with Gasteiger partial charge in [0.1, 0.15) is 0 Å². The zero-order valence-electron chi connectivity index (χ0n) is 11.3. The fourth-order valence-corrected chi connectivity index (χ4v) is 3.31. The van der Waals surface area contributed by atoms with E-state index in [1.54, 1.807) is 11.3 Å². The second-order valence-corrected chi connectivity index (χ2v) is 6.55. The van der Waals surface area contributed by atoms with Crippen molar-refractivity contribution in [2.45, 2.75) is 45.7 Å². The SMILES string of the molecule is CC(NC(=O)C1NCCCC1(C)C)c1ccsc1. The molecule has 0 aliphatic carbocycles. The molecule has 2 atom stereocenters. The van der Waals surface area contributed by atoms with Crippen LogP contribution in [0.5, 0.6) is 0 Å². The van der Waals surface area contributed by atoms with Crippen molar-refractivity contribution >= 4 is 17.2 Å². The molecule has 1 aliphatic heterocycles. The number of hydrogen-bond acceptors (Lipinski definition) is 3. The Hall–Kier alpha value is -0.870. The third-order valence-corrected chi connectivity index (χ3v) is 4.49. The van der Waals surface area contributed by atoms with Crippen molar-refractivity contribution in [1.82, 2.24) is 10.6 Å². The summed E-state index contributed by atoms with van der Waals surface area (Å²) >= 11 is 1.66. The Labute approximate surface area is 113 Å². The number of carbonyl (C=O) groups excluding carboxylic acids is 1. The Bertz CT molecular complexity index is 400. The maximum absolute atomic E-state index is 12.3. The molecule has 0 saturated carbocycles. The highest BCUT2D eigenvalue weighted by Crippen LogP contribution is 2.30. The molecular formula is C14H22N2OS. The first-order valence-electron chi connectivity index (χ1n) is 6.56. The van der Waals surface area contributed by atoms with Gasteiger partial charge >= 0.3 is 0 Å². The molecule has 2 heterocycles. The molecule has 2 N–H and O–H groups in total. The highest BCUT2D eigenvalue weighted by molar-refractivity contribution is 7.07. The average molecular weight is 266 g/mol. The van der Waals surface area contributed by atoms with Crippen LogP contribution in [0.25, 0.3) is 0 Å². The summed E-state index contributed by atoms with van der Waals surface area (Å²) < 4.78 is 0. The summed E-state index contributed by atoms with van der Waals surface area (Å²) in [6, 6.07) is 2.07. The summed E-state index contributed by atoms with van der Waals surface area (Å²) in [5.74, 6) is 0.124. The molecule has 4 heteroatoms. The Kier molecular flexibility index (Phi) is 4.07. The average Bonchev–Trinajstić information content (AvgIpc) is 2.81. The van der Waals surface area contributed by atoms with Gasteiger partial charge in [-0.15, -0.1) is 0 Å². The van der Waals surface area contributed by atoms with E-state index in [-0.39, 0.29) is 23.4 Å². The fraction of sp³-hybridized carbons (Fsp3) is 0.643. The van der Waals surface area contributed by atoms with Gasteiger partial charge in [-0.2, -0.15) is 11.3 Å². The summed E-state index contributed by atoms with van der Waals surface area (Å²) in [7, 11) is 0. The van der Waals surface area contributed by atoms with E-state index in [2.05, 4.69) is 35.9 Å². The number of amides is 1. The predicted octanol–water partition coefficient (Wildman–Crippen LogP) is 2.70. The predicted molar refractivity (Wildman–Crippen MR) is 75.7 cm³/mol. The molecular weight excluding hydrogens is 244 g/mol. The van der Waals surface area contributed by atoms with Crippen LogP contribution in [-0.2, 0) is 4.79 Å². The van der Waals surface area contributed by atoms with E-state index < -0.39 is 0 Å². The molecule has 0 radical (unpaired) electrons. The van der Waals surface area contributed by atoms with E-state index in [9.17, 15) is 4.79 Å². The number of piperidine rings is 1. The number of carbonyl (C=O) groups is 1. The minimum Gasteiger partial charge on any atom is -0.348 e. The lowest BCUT2D eigenvalue weighted by atomic mass is 9.77. The monoisotopic (exact) mass is 266 g/mol. The highest BCUT2D eigenvalue weighted by atomic mass is 32.1. The van der Waals surface area contributed by atoms with E-state index in [0.29, 0.717) is 0 Å². The fourth-order valence-electron chi connectivity index (χ4n) is 2.56. The summed E-state index contributed by atoms with van der Waals surface area (Å²) in [6.45, 7) is 7.31. The van der Waals surface area contributed by atoms with E-state index in [4.69, 9.17) is 0 Å². The number of thiophene rings is 1. The van der Waals surface area contributed by atoms with Crippen molar-refractivity contribution in [2.75, 3.05) is 6.54 Å². The number of rotatable bonds is 3. The molecule has 100 valence electrons. The normalized spacial score (nSPS) is 24.5. The summed E-state index contributed by atoms with van der Waals surface area (Å²) in [4.78, 5) is 12.3. The Balaban J connectivity index is 1.99. The molecule has 1 aliphatic rings. The lowest BCUT2D eigenvalue weighted by molar-refractivity contribution is -0.127. The van der Waals surface area contributed by atoms with Gasteiger partial charge in [0.2, 0.25) is 5.91 Å². The molecule has 1 fully saturated rings. The second kappa shape index (κ2) is 5.41. The zero-order chi connectivity index (χ0) is 13.2.